The van der Waals surface area contributed by atoms with Crippen LogP contribution in [0.25, 0.3) is 0 Å². The van der Waals surface area contributed by atoms with Gasteiger partial charge in [0.05, 0.1) is 12.5 Å². The molecule has 4 unspecified atom stereocenters. The smallest absolute Gasteiger partial charge is 0.330 e. The van der Waals surface area contributed by atoms with Gasteiger partial charge < -0.3 is 29.7 Å². The number of halogens is 2. The number of rotatable bonds is 22. The van der Waals surface area contributed by atoms with Crippen molar-refractivity contribution in [3.63, 3.8) is 0 Å². The van der Waals surface area contributed by atoms with Crippen molar-refractivity contribution in [2.75, 3.05) is 13.2 Å². The Morgan fingerprint density at radius 1 is 0.702 bits per heavy atom. The number of carboxylic acid groups (broad SMARTS) is 2. The van der Waals surface area contributed by atoms with Gasteiger partial charge in [0.15, 0.2) is 0 Å². The topological polar surface area (TPSA) is 160 Å². The molecule has 1 saturated carbocycles. The van der Waals surface area contributed by atoms with Crippen molar-refractivity contribution in [3.8, 4) is 11.5 Å². The third-order valence-corrected chi connectivity index (χ3v) is 10.4. The molecule has 57 heavy (non-hydrogen) atoms. The van der Waals surface area contributed by atoms with E-state index in [0.717, 1.165) is 18.4 Å². The van der Waals surface area contributed by atoms with Crippen LogP contribution < -0.4 is 20.1 Å². The lowest BCUT2D eigenvalue weighted by molar-refractivity contribution is -0.163. The molecular formula is C44H56Cl2N2O9. The van der Waals surface area contributed by atoms with E-state index in [-0.39, 0.29) is 44.2 Å². The number of esters is 2. The van der Waals surface area contributed by atoms with Gasteiger partial charge in [0, 0.05) is 16.6 Å². The van der Waals surface area contributed by atoms with Crippen LogP contribution in [-0.4, -0.2) is 65.4 Å². The van der Waals surface area contributed by atoms with E-state index in [4.69, 9.17) is 37.4 Å². The molecule has 0 radical (unpaired) electrons. The maximum Gasteiger partial charge on any atom is 0.330 e. The van der Waals surface area contributed by atoms with Gasteiger partial charge in [0.25, 0.3) is 0 Å². The summed E-state index contributed by atoms with van der Waals surface area (Å²) in [5, 5.41) is 27.2. The van der Waals surface area contributed by atoms with Gasteiger partial charge in [-0.1, -0.05) is 94.4 Å². The molecule has 1 aliphatic rings. The molecule has 13 heteroatoms. The van der Waals surface area contributed by atoms with Crippen LogP contribution >= 0.6 is 23.2 Å². The van der Waals surface area contributed by atoms with E-state index in [1.165, 1.54) is 19.3 Å². The Morgan fingerprint density at radius 3 is 1.84 bits per heavy atom. The zero-order chi connectivity index (χ0) is 41.5. The summed E-state index contributed by atoms with van der Waals surface area (Å²) in [5.41, 5.74) is 2.01. The van der Waals surface area contributed by atoms with Gasteiger partial charge in [-0.25, -0.2) is 9.59 Å². The minimum absolute atomic E-state index is 0.00197. The summed E-state index contributed by atoms with van der Waals surface area (Å²) in [6.07, 6.45) is 6.55. The molecule has 0 spiro atoms. The lowest BCUT2D eigenvalue weighted by Gasteiger charge is -2.25. The minimum Gasteiger partial charge on any atom is -0.493 e. The first-order valence-corrected chi connectivity index (χ1v) is 20.5. The Kier molecular flexibility index (Phi) is 18.1. The van der Waals surface area contributed by atoms with Crippen LogP contribution in [0.15, 0.2) is 66.7 Å². The average Bonchev–Trinajstić information content (AvgIpc) is 3.15. The number of aliphatic carboxylic acids is 2. The predicted molar refractivity (Wildman–Crippen MR) is 220 cm³/mol. The molecule has 4 rings (SSSR count). The first-order valence-electron chi connectivity index (χ1n) is 19.8. The zero-order valence-corrected chi connectivity index (χ0v) is 34.7. The molecule has 0 heterocycles. The summed E-state index contributed by atoms with van der Waals surface area (Å²) in [4.78, 5) is 51.9. The van der Waals surface area contributed by atoms with Crippen molar-refractivity contribution in [2.24, 2.45) is 17.8 Å². The van der Waals surface area contributed by atoms with Gasteiger partial charge in [-0.3, -0.25) is 14.9 Å². The molecule has 1 fully saturated rings. The third kappa shape index (κ3) is 15.6. The van der Waals surface area contributed by atoms with E-state index in [2.05, 4.69) is 10.6 Å². The van der Waals surface area contributed by atoms with Crippen molar-refractivity contribution in [3.05, 3.63) is 93.5 Å². The molecule has 11 nitrogen and oxygen atoms in total. The Hall–Kier alpha value is -4.16. The number of hydrogen-bond donors (Lipinski definition) is 4. The standard InChI is InChI=1S/C44H56Cl2N2O9/c1-27(2)18-39(47-24-37(41(49)50)32-12-16-36(17-13-32)55-25-30-8-6-5-7-9-30)43(53)57-44(54)40(19-28(3)4)48-38(42(51)52)22-29-10-14-35(15-11-29)56-26-31-20-33(45)23-34(46)21-31/h10-17,20-21,23,27-28,30,37-40,47-48H,5-9,18-19,22,24-26H2,1-4H3,(H,49,50)(H,51,52). The van der Waals surface area contributed by atoms with E-state index in [0.29, 0.717) is 45.2 Å². The highest BCUT2D eigenvalue weighted by atomic mass is 35.5. The Morgan fingerprint density at radius 2 is 1.26 bits per heavy atom. The van der Waals surface area contributed by atoms with Gasteiger partial charge >= 0.3 is 23.9 Å². The van der Waals surface area contributed by atoms with Gasteiger partial charge in [-0.2, -0.15) is 0 Å². The summed E-state index contributed by atoms with van der Waals surface area (Å²) in [6.45, 7) is 8.33. The lowest BCUT2D eigenvalue weighted by Crippen LogP contribution is -2.51. The largest absolute Gasteiger partial charge is 0.493 e. The number of carbonyl (C=O) groups is 4. The molecule has 0 bridgehead atoms. The van der Waals surface area contributed by atoms with E-state index in [1.54, 1.807) is 66.7 Å². The first-order chi connectivity index (χ1) is 27.2. The van der Waals surface area contributed by atoms with Crippen molar-refractivity contribution in [1.29, 1.82) is 0 Å². The van der Waals surface area contributed by atoms with Crippen molar-refractivity contribution in [1.82, 2.24) is 10.6 Å². The number of nitrogens with one attached hydrogen (secondary N) is 2. The monoisotopic (exact) mass is 826 g/mol. The van der Waals surface area contributed by atoms with E-state index in [1.807, 2.05) is 27.7 Å². The second-order valence-corrected chi connectivity index (χ2v) is 16.6. The number of hydrogen-bond acceptors (Lipinski definition) is 9. The maximum absolute atomic E-state index is 13.6. The van der Waals surface area contributed by atoms with Crippen molar-refractivity contribution >= 4 is 47.1 Å². The highest BCUT2D eigenvalue weighted by Crippen LogP contribution is 2.26. The van der Waals surface area contributed by atoms with E-state index >= 15 is 0 Å². The highest BCUT2D eigenvalue weighted by Gasteiger charge is 2.33. The van der Waals surface area contributed by atoms with Crippen LogP contribution in [0.5, 0.6) is 11.5 Å². The lowest BCUT2D eigenvalue weighted by atomic mass is 9.90. The molecule has 0 aliphatic heterocycles. The number of carboxylic acids is 2. The van der Waals surface area contributed by atoms with Gasteiger partial charge in [0.2, 0.25) is 0 Å². The second-order valence-electron chi connectivity index (χ2n) is 15.8. The molecule has 0 saturated heterocycles. The van der Waals surface area contributed by atoms with Crippen LogP contribution in [0.3, 0.4) is 0 Å². The maximum atomic E-state index is 13.6. The van der Waals surface area contributed by atoms with Crippen LogP contribution in [-0.2, 0) is 36.9 Å². The van der Waals surface area contributed by atoms with Crippen LogP contribution in [0.4, 0.5) is 0 Å². The van der Waals surface area contributed by atoms with Gasteiger partial charge in [-0.05, 0) is 109 Å². The Labute approximate surface area is 345 Å². The normalized spacial score (nSPS) is 15.4. The van der Waals surface area contributed by atoms with Crippen molar-refractivity contribution in [2.45, 2.75) is 110 Å². The minimum atomic E-state index is -1.18. The predicted octanol–water partition coefficient (Wildman–Crippen LogP) is 8.47. The van der Waals surface area contributed by atoms with E-state index in [9.17, 15) is 29.4 Å². The quantitative estimate of drug-likeness (QED) is 0.0568. The molecule has 4 N–H and O–H groups in total. The average molecular weight is 828 g/mol. The summed E-state index contributed by atoms with van der Waals surface area (Å²) in [6, 6.07) is 15.8. The number of benzene rings is 3. The van der Waals surface area contributed by atoms with Crippen LogP contribution in [0.2, 0.25) is 10.0 Å². The molecule has 310 valence electrons. The molecular weight excluding hydrogens is 771 g/mol. The molecule has 0 aromatic heterocycles. The van der Waals surface area contributed by atoms with Gasteiger partial charge in [0.1, 0.15) is 36.2 Å². The highest BCUT2D eigenvalue weighted by molar-refractivity contribution is 6.34. The molecule has 0 amide bonds. The fourth-order valence-corrected chi connectivity index (χ4v) is 7.50. The number of carbonyl (C=O) groups excluding carboxylic acids is 2. The fourth-order valence-electron chi connectivity index (χ4n) is 6.93. The first kappa shape index (κ1) is 45.5. The summed E-state index contributed by atoms with van der Waals surface area (Å²) >= 11 is 12.2. The van der Waals surface area contributed by atoms with Crippen LogP contribution in [0.1, 0.15) is 95.2 Å². The molecule has 4 atom stereocenters. The second kappa shape index (κ2) is 22.7. The Balaban J connectivity index is 1.36. The molecule has 1 aliphatic carbocycles. The summed E-state index contributed by atoms with van der Waals surface area (Å²) < 4.78 is 17.2. The Bertz CT molecular complexity index is 1740. The zero-order valence-electron chi connectivity index (χ0n) is 33.2. The van der Waals surface area contributed by atoms with Gasteiger partial charge in [-0.15, -0.1) is 0 Å². The van der Waals surface area contributed by atoms with Crippen molar-refractivity contribution < 1.29 is 43.6 Å². The summed E-state index contributed by atoms with van der Waals surface area (Å²) in [7, 11) is 0. The van der Waals surface area contributed by atoms with Crippen LogP contribution in [0, 0.1) is 17.8 Å². The molecule has 3 aromatic carbocycles. The molecule has 3 aromatic rings. The SMILES string of the molecule is CC(C)CC(NCC(C(=O)O)c1ccc(OCC2CCCCC2)cc1)C(=O)OC(=O)C(CC(C)C)NC(Cc1ccc(OCc2cc(Cl)cc(Cl)c2)cc1)C(=O)O. The number of ether oxygens (including phenoxy) is 3. The third-order valence-electron chi connectivity index (χ3n) is 9.94. The van der Waals surface area contributed by atoms with E-state index < -0.39 is 47.9 Å². The fraction of sp³-hybridized carbons (Fsp3) is 0.500. The summed E-state index contributed by atoms with van der Waals surface area (Å²) in [5.74, 6) is -3.27.